The SMILES string of the molecule is C=C1C=C(N2CCCC3(CCN(CC(O)c4ccc(-n5cnnn5)nc4C)CC3)C2=O)CC1. The molecule has 2 aliphatic heterocycles. The predicted molar refractivity (Wildman–Crippen MR) is 122 cm³/mol. The van der Waals surface area contributed by atoms with Crippen molar-refractivity contribution in [3.8, 4) is 5.82 Å². The summed E-state index contributed by atoms with van der Waals surface area (Å²) in [6.07, 6.45) is 8.56. The number of aromatic nitrogens is 5. The smallest absolute Gasteiger partial charge is 0.233 e. The van der Waals surface area contributed by atoms with Crippen molar-refractivity contribution in [3.63, 3.8) is 0 Å². The minimum absolute atomic E-state index is 0.255. The van der Waals surface area contributed by atoms with E-state index in [1.807, 2.05) is 24.0 Å². The van der Waals surface area contributed by atoms with Crippen LogP contribution < -0.4 is 0 Å². The summed E-state index contributed by atoms with van der Waals surface area (Å²) in [5.74, 6) is 0.919. The van der Waals surface area contributed by atoms with Gasteiger partial charge in [-0.3, -0.25) is 4.79 Å². The number of nitrogens with zero attached hydrogens (tertiary/aromatic N) is 7. The molecule has 1 atom stereocenters. The summed E-state index contributed by atoms with van der Waals surface area (Å²) in [6.45, 7) is 8.94. The molecule has 2 fully saturated rings. The van der Waals surface area contributed by atoms with Gasteiger partial charge < -0.3 is 14.9 Å². The molecule has 1 spiro atoms. The number of carbonyl (C=O) groups is 1. The van der Waals surface area contributed by atoms with Crippen LogP contribution in [-0.2, 0) is 4.79 Å². The second kappa shape index (κ2) is 8.79. The Morgan fingerprint density at radius 3 is 2.67 bits per heavy atom. The number of β-amino-alcohol motifs (C(OH)–C–C–N with tert-alkyl or cyclic N) is 1. The van der Waals surface area contributed by atoms with Crippen molar-refractivity contribution < 1.29 is 9.90 Å². The monoisotopic (exact) mass is 449 g/mol. The van der Waals surface area contributed by atoms with Gasteiger partial charge in [0.05, 0.1) is 11.5 Å². The molecule has 33 heavy (non-hydrogen) atoms. The molecule has 2 aromatic rings. The number of aliphatic hydroxyl groups is 1. The Labute approximate surface area is 193 Å². The van der Waals surface area contributed by atoms with Gasteiger partial charge in [-0.15, -0.1) is 5.10 Å². The Morgan fingerprint density at radius 2 is 2.00 bits per heavy atom. The molecule has 3 aliphatic rings. The van der Waals surface area contributed by atoms with Gasteiger partial charge >= 0.3 is 0 Å². The number of hydrogen-bond acceptors (Lipinski definition) is 7. The summed E-state index contributed by atoms with van der Waals surface area (Å²) in [5, 5.41) is 22.1. The van der Waals surface area contributed by atoms with Crippen molar-refractivity contribution >= 4 is 5.91 Å². The van der Waals surface area contributed by atoms with Gasteiger partial charge in [-0.05, 0) is 81.1 Å². The zero-order chi connectivity index (χ0) is 23.0. The van der Waals surface area contributed by atoms with Crippen LogP contribution in [0.4, 0.5) is 0 Å². The summed E-state index contributed by atoms with van der Waals surface area (Å²) in [5.41, 5.74) is 3.58. The molecule has 2 aromatic heterocycles. The van der Waals surface area contributed by atoms with Gasteiger partial charge in [0.1, 0.15) is 6.33 Å². The maximum absolute atomic E-state index is 13.5. The highest BCUT2D eigenvalue weighted by molar-refractivity contribution is 5.85. The van der Waals surface area contributed by atoms with E-state index in [1.165, 1.54) is 11.0 Å². The van der Waals surface area contributed by atoms with E-state index < -0.39 is 6.10 Å². The number of aryl methyl sites for hydroxylation is 1. The fourth-order valence-electron chi connectivity index (χ4n) is 5.50. The first kappa shape index (κ1) is 21.9. The number of carbonyl (C=O) groups excluding carboxylic acids is 1. The molecular weight excluding hydrogens is 418 g/mol. The molecule has 2 saturated heterocycles. The highest BCUT2D eigenvalue weighted by Gasteiger charge is 2.46. The average molecular weight is 450 g/mol. The quantitative estimate of drug-likeness (QED) is 0.748. The first-order valence-electron chi connectivity index (χ1n) is 11.8. The van der Waals surface area contributed by atoms with E-state index in [-0.39, 0.29) is 5.41 Å². The van der Waals surface area contributed by atoms with E-state index in [0.29, 0.717) is 18.3 Å². The minimum Gasteiger partial charge on any atom is -0.387 e. The van der Waals surface area contributed by atoms with E-state index in [4.69, 9.17) is 0 Å². The van der Waals surface area contributed by atoms with E-state index in [0.717, 1.165) is 80.7 Å². The predicted octanol–water partition coefficient (Wildman–Crippen LogP) is 2.34. The second-order valence-corrected chi connectivity index (χ2v) is 9.55. The van der Waals surface area contributed by atoms with Gasteiger partial charge in [-0.1, -0.05) is 18.2 Å². The van der Waals surface area contributed by atoms with Gasteiger partial charge in [0.15, 0.2) is 5.82 Å². The van der Waals surface area contributed by atoms with Crippen LogP contribution in [-0.4, -0.2) is 72.2 Å². The summed E-state index contributed by atoms with van der Waals surface area (Å²) in [7, 11) is 0. The number of rotatable bonds is 5. The highest BCUT2D eigenvalue weighted by atomic mass is 16.3. The molecular formula is C24H31N7O2. The standard InChI is InChI=1S/C24H31N7O2/c1-17-4-5-19(14-17)30-11-3-8-24(23(30)33)9-12-29(13-10-24)15-21(32)20-6-7-22(26-18(20)2)31-16-25-27-28-31/h6-7,14,16,21,32H,1,3-5,8-13,15H2,2H3. The number of aliphatic hydroxyl groups excluding tert-OH is 1. The van der Waals surface area contributed by atoms with E-state index in [9.17, 15) is 9.90 Å². The van der Waals surface area contributed by atoms with Crippen LogP contribution >= 0.6 is 0 Å². The maximum atomic E-state index is 13.5. The lowest BCUT2D eigenvalue weighted by atomic mass is 9.71. The second-order valence-electron chi connectivity index (χ2n) is 9.55. The Morgan fingerprint density at radius 1 is 1.18 bits per heavy atom. The first-order valence-corrected chi connectivity index (χ1v) is 11.8. The van der Waals surface area contributed by atoms with Crippen LogP contribution in [0.5, 0.6) is 0 Å². The third kappa shape index (κ3) is 4.22. The van der Waals surface area contributed by atoms with Crippen molar-refractivity contribution in [1.82, 2.24) is 35.0 Å². The van der Waals surface area contributed by atoms with Crippen molar-refractivity contribution in [2.24, 2.45) is 5.41 Å². The van der Waals surface area contributed by atoms with Crippen molar-refractivity contribution in [1.29, 1.82) is 0 Å². The highest BCUT2D eigenvalue weighted by Crippen LogP contribution is 2.43. The summed E-state index contributed by atoms with van der Waals surface area (Å²) < 4.78 is 1.50. The van der Waals surface area contributed by atoms with Crippen LogP contribution in [0.15, 0.2) is 42.4 Å². The molecule has 0 bridgehead atoms. The number of tetrazole rings is 1. The molecule has 9 nitrogen and oxygen atoms in total. The molecule has 0 radical (unpaired) electrons. The van der Waals surface area contributed by atoms with Crippen molar-refractivity contribution in [2.45, 2.75) is 51.6 Å². The van der Waals surface area contributed by atoms with Crippen molar-refractivity contribution in [3.05, 3.63) is 53.6 Å². The molecule has 9 heteroatoms. The van der Waals surface area contributed by atoms with Gasteiger partial charge in [-0.2, -0.15) is 4.68 Å². The van der Waals surface area contributed by atoms with E-state index in [1.54, 1.807) is 0 Å². The molecule has 1 N–H and O–H groups in total. The van der Waals surface area contributed by atoms with E-state index >= 15 is 0 Å². The number of likely N-dealkylation sites (tertiary alicyclic amines) is 2. The summed E-state index contributed by atoms with van der Waals surface area (Å²) >= 11 is 0. The zero-order valence-electron chi connectivity index (χ0n) is 19.2. The summed E-state index contributed by atoms with van der Waals surface area (Å²) in [6, 6.07) is 3.70. The maximum Gasteiger partial charge on any atom is 0.233 e. The van der Waals surface area contributed by atoms with Crippen LogP contribution in [0, 0.1) is 12.3 Å². The molecule has 5 rings (SSSR count). The first-order chi connectivity index (χ1) is 15.9. The number of amides is 1. The molecule has 174 valence electrons. The average Bonchev–Trinajstić information content (AvgIpc) is 3.49. The topological polar surface area (TPSA) is 100 Å². The minimum atomic E-state index is -0.636. The fraction of sp³-hybridized carbons (Fsp3) is 0.542. The number of allylic oxidation sites excluding steroid dienone is 3. The third-order valence-corrected chi connectivity index (χ3v) is 7.45. The molecule has 1 aliphatic carbocycles. The Bertz CT molecular complexity index is 1070. The zero-order valence-corrected chi connectivity index (χ0v) is 19.2. The molecule has 4 heterocycles. The third-order valence-electron chi connectivity index (χ3n) is 7.45. The normalized spacial score (nSPS) is 22.1. The lowest BCUT2D eigenvalue weighted by molar-refractivity contribution is -0.147. The molecule has 1 amide bonds. The van der Waals surface area contributed by atoms with Crippen LogP contribution in [0.3, 0.4) is 0 Å². The Hall–Kier alpha value is -2.91. The molecule has 0 aromatic carbocycles. The van der Waals surface area contributed by atoms with Gasteiger partial charge in [0, 0.05) is 30.0 Å². The van der Waals surface area contributed by atoms with Crippen LogP contribution in [0.1, 0.15) is 55.9 Å². The molecule has 1 unspecified atom stereocenters. The fourth-order valence-corrected chi connectivity index (χ4v) is 5.50. The van der Waals surface area contributed by atoms with Gasteiger partial charge in [-0.25, -0.2) is 4.98 Å². The lowest BCUT2D eigenvalue weighted by Gasteiger charge is -2.47. The summed E-state index contributed by atoms with van der Waals surface area (Å²) in [4.78, 5) is 22.3. The Balaban J connectivity index is 1.21. The van der Waals surface area contributed by atoms with Gasteiger partial charge in [0.2, 0.25) is 5.91 Å². The van der Waals surface area contributed by atoms with Crippen LogP contribution in [0.25, 0.3) is 5.82 Å². The van der Waals surface area contributed by atoms with E-state index in [2.05, 4.69) is 38.1 Å². The molecule has 0 saturated carbocycles. The van der Waals surface area contributed by atoms with Crippen LogP contribution in [0.2, 0.25) is 0 Å². The Kier molecular flexibility index (Phi) is 5.84. The number of hydrogen-bond donors (Lipinski definition) is 1. The lowest BCUT2D eigenvalue weighted by Crippen LogP contribution is -2.53. The largest absolute Gasteiger partial charge is 0.387 e. The van der Waals surface area contributed by atoms with Gasteiger partial charge in [0.25, 0.3) is 0 Å². The van der Waals surface area contributed by atoms with Crippen molar-refractivity contribution in [2.75, 3.05) is 26.2 Å². The number of piperidine rings is 2. The number of pyridine rings is 1.